The van der Waals surface area contributed by atoms with E-state index in [-0.39, 0.29) is 0 Å². The SMILES string of the molecule is NP1N\C=C/C=C/C=C\O1. The summed E-state index contributed by atoms with van der Waals surface area (Å²) in [6.45, 7) is 0. The molecule has 1 unspecified atom stereocenters. The molecule has 1 rings (SSSR count). The summed E-state index contributed by atoms with van der Waals surface area (Å²) >= 11 is 0. The van der Waals surface area contributed by atoms with Gasteiger partial charge in [-0.25, -0.2) is 0 Å². The van der Waals surface area contributed by atoms with Crippen molar-refractivity contribution in [1.82, 2.24) is 5.09 Å². The number of nitrogens with two attached hydrogens (primary N) is 1. The van der Waals surface area contributed by atoms with Crippen molar-refractivity contribution in [2.45, 2.75) is 0 Å². The molecule has 1 atom stereocenters. The minimum absolute atomic E-state index is 1.02. The van der Waals surface area contributed by atoms with Gasteiger partial charge < -0.3 is 9.61 Å². The van der Waals surface area contributed by atoms with Crippen molar-refractivity contribution in [1.29, 1.82) is 0 Å². The van der Waals surface area contributed by atoms with E-state index in [4.69, 9.17) is 10.0 Å². The lowest BCUT2D eigenvalue weighted by molar-refractivity contribution is 0.529. The lowest BCUT2D eigenvalue weighted by atomic mass is 10.5. The number of hydrogen-bond acceptors (Lipinski definition) is 3. The highest BCUT2D eigenvalue weighted by molar-refractivity contribution is 7.47. The molecule has 0 saturated carbocycles. The van der Waals surface area contributed by atoms with Gasteiger partial charge in [-0.1, -0.05) is 12.2 Å². The first-order valence-electron chi connectivity index (χ1n) is 2.86. The van der Waals surface area contributed by atoms with E-state index < -0.39 is 8.45 Å². The molecule has 1 heterocycles. The van der Waals surface area contributed by atoms with Gasteiger partial charge in [0.25, 0.3) is 8.45 Å². The average molecular weight is 156 g/mol. The molecule has 0 aromatic rings. The molecule has 3 nitrogen and oxygen atoms in total. The van der Waals surface area contributed by atoms with E-state index >= 15 is 0 Å². The minimum Gasteiger partial charge on any atom is -0.449 e. The van der Waals surface area contributed by atoms with Gasteiger partial charge in [0.05, 0.1) is 6.26 Å². The number of hydrogen-bond donors (Lipinski definition) is 2. The van der Waals surface area contributed by atoms with Gasteiger partial charge in [-0.15, -0.1) is 0 Å². The molecule has 0 aliphatic carbocycles. The van der Waals surface area contributed by atoms with E-state index in [1.807, 2.05) is 18.2 Å². The van der Waals surface area contributed by atoms with Gasteiger partial charge in [0.15, 0.2) is 0 Å². The summed E-state index contributed by atoms with van der Waals surface area (Å²) in [5.74, 6) is 0. The van der Waals surface area contributed by atoms with Gasteiger partial charge in [-0.2, -0.15) is 0 Å². The second kappa shape index (κ2) is 4.09. The molecular weight excluding hydrogens is 147 g/mol. The molecule has 1 aliphatic heterocycles. The molecule has 0 radical (unpaired) electrons. The molecule has 0 spiro atoms. The Morgan fingerprint density at radius 3 is 2.90 bits per heavy atom. The Hall–Kier alpha value is -0.790. The third kappa shape index (κ3) is 2.67. The monoisotopic (exact) mass is 156 g/mol. The molecule has 1 aliphatic rings. The maximum absolute atomic E-state index is 5.47. The van der Waals surface area contributed by atoms with Crippen LogP contribution in [0.3, 0.4) is 0 Å². The van der Waals surface area contributed by atoms with Crippen LogP contribution in [0.4, 0.5) is 0 Å². The van der Waals surface area contributed by atoms with Gasteiger partial charge >= 0.3 is 0 Å². The largest absolute Gasteiger partial charge is 0.449 e. The standard InChI is InChI=1S/C6H9N2OP/c7-10-8-5-3-1-2-4-6-9-10/h1-6,8H,7H2/b2-1+,5-3-,6-4-. The fourth-order valence-corrected chi connectivity index (χ4v) is 0.972. The van der Waals surface area contributed by atoms with Crippen LogP contribution in [-0.4, -0.2) is 0 Å². The molecule has 3 N–H and O–H groups in total. The first kappa shape index (κ1) is 7.32. The summed E-state index contributed by atoms with van der Waals surface area (Å²) in [5.41, 5.74) is 5.47. The number of allylic oxidation sites excluding steroid dienone is 4. The smallest absolute Gasteiger partial charge is 0.269 e. The summed E-state index contributed by atoms with van der Waals surface area (Å²) in [5, 5.41) is 2.86. The summed E-state index contributed by atoms with van der Waals surface area (Å²) in [7, 11) is -1.02. The quantitative estimate of drug-likeness (QED) is 0.521. The van der Waals surface area contributed by atoms with Crippen LogP contribution in [0.1, 0.15) is 0 Å². The topological polar surface area (TPSA) is 47.3 Å². The highest BCUT2D eigenvalue weighted by Crippen LogP contribution is 2.21. The highest BCUT2D eigenvalue weighted by Gasteiger charge is 1.94. The van der Waals surface area contributed by atoms with Gasteiger partial charge in [0, 0.05) is 6.20 Å². The predicted molar refractivity (Wildman–Crippen MR) is 42.7 cm³/mol. The first-order chi connectivity index (χ1) is 4.89. The second-order valence-electron chi connectivity index (χ2n) is 1.63. The highest BCUT2D eigenvalue weighted by atomic mass is 31.2. The van der Waals surface area contributed by atoms with E-state index in [9.17, 15) is 0 Å². The fraction of sp³-hybridized carbons (Fsp3) is 0. The zero-order chi connectivity index (χ0) is 7.23. The summed E-state index contributed by atoms with van der Waals surface area (Å²) in [4.78, 5) is 0. The zero-order valence-corrected chi connectivity index (χ0v) is 6.29. The van der Waals surface area contributed by atoms with Crippen LogP contribution in [-0.2, 0) is 4.52 Å². The van der Waals surface area contributed by atoms with Crippen LogP contribution in [0.15, 0.2) is 36.8 Å². The molecule has 54 valence electrons. The Kier molecular flexibility index (Phi) is 3.00. The third-order valence-electron chi connectivity index (χ3n) is 0.884. The average Bonchev–Trinajstić information content (AvgIpc) is 2.02. The van der Waals surface area contributed by atoms with E-state index in [0.29, 0.717) is 0 Å². The molecule has 0 aromatic carbocycles. The molecular formula is C6H9N2OP. The van der Waals surface area contributed by atoms with E-state index in [1.54, 1.807) is 18.5 Å². The fourth-order valence-electron chi connectivity index (χ4n) is 0.477. The number of rotatable bonds is 0. The normalized spacial score (nSPS) is 33.5. The maximum atomic E-state index is 5.47. The lowest BCUT2D eigenvalue weighted by Gasteiger charge is -2.06. The Morgan fingerprint density at radius 2 is 2.00 bits per heavy atom. The van der Waals surface area contributed by atoms with Crippen LogP contribution in [0.5, 0.6) is 0 Å². The van der Waals surface area contributed by atoms with Gasteiger partial charge in [0.2, 0.25) is 0 Å². The Balaban J connectivity index is 2.52. The van der Waals surface area contributed by atoms with Crippen LogP contribution >= 0.6 is 8.45 Å². The van der Waals surface area contributed by atoms with Crippen LogP contribution in [0.2, 0.25) is 0 Å². The molecule has 0 fully saturated rings. The first-order valence-corrected chi connectivity index (χ1v) is 4.18. The Morgan fingerprint density at radius 1 is 1.20 bits per heavy atom. The molecule has 0 aromatic heterocycles. The van der Waals surface area contributed by atoms with Crippen molar-refractivity contribution in [3.05, 3.63) is 36.8 Å². The summed E-state index contributed by atoms with van der Waals surface area (Å²) in [6.07, 6.45) is 10.7. The molecule has 10 heavy (non-hydrogen) atoms. The van der Waals surface area contributed by atoms with Crippen molar-refractivity contribution >= 4 is 8.45 Å². The van der Waals surface area contributed by atoms with Crippen molar-refractivity contribution in [2.24, 2.45) is 5.50 Å². The molecule has 0 saturated heterocycles. The van der Waals surface area contributed by atoms with Crippen LogP contribution in [0, 0.1) is 0 Å². The van der Waals surface area contributed by atoms with E-state index in [2.05, 4.69) is 5.09 Å². The van der Waals surface area contributed by atoms with Crippen molar-refractivity contribution in [3.8, 4) is 0 Å². The van der Waals surface area contributed by atoms with Gasteiger partial charge in [0.1, 0.15) is 0 Å². The van der Waals surface area contributed by atoms with Crippen LogP contribution in [0.25, 0.3) is 0 Å². The molecule has 0 amide bonds. The van der Waals surface area contributed by atoms with E-state index in [1.165, 1.54) is 0 Å². The second-order valence-corrected chi connectivity index (χ2v) is 2.75. The maximum Gasteiger partial charge on any atom is 0.269 e. The number of nitrogens with one attached hydrogen (secondary N) is 1. The van der Waals surface area contributed by atoms with Crippen LogP contribution < -0.4 is 10.6 Å². The predicted octanol–water partition coefficient (Wildman–Crippen LogP) is 1.38. The van der Waals surface area contributed by atoms with E-state index in [0.717, 1.165) is 0 Å². The molecule has 4 heteroatoms. The zero-order valence-electron chi connectivity index (χ0n) is 5.40. The lowest BCUT2D eigenvalue weighted by Crippen LogP contribution is -2.04. The van der Waals surface area contributed by atoms with Gasteiger partial charge in [-0.3, -0.25) is 5.50 Å². The van der Waals surface area contributed by atoms with Crippen molar-refractivity contribution < 1.29 is 4.52 Å². The van der Waals surface area contributed by atoms with Crippen molar-refractivity contribution in [3.63, 3.8) is 0 Å². The Bertz CT molecular complexity index is 159. The summed E-state index contributed by atoms with van der Waals surface area (Å²) < 4.78 is 5.01. The van der Waals surface area contributed by atoms with Gasteiger partial charge in [-0.05, 0) is 12.2 Å². The minimum atomic E-state index is -1.02. The third-order valence-corrected chi connectivity index (χ3v) is 1.64. The Labute approximate surface area is 61.2 Å². The summed E-state index contributed by atoms with van der Waals surface area (Å²) in [6, 6.07) is 0. The molecule has 0 bridgehead atoms. The van der Waals surface area contributed by atoms with Crippen molar-refractivity contribution in [2.75, 3.05) is 0 Å².